The molecule has 1 amide bonds. The van der Waals surface area contributed by atoms with Crippen LogP contribution in [0.5, 0.6) is 0 Å². The zero-order valence-electron chi connectivity index (χ0n) is 8.32. The first kappa shape index (κ1) is 11.3. The fraction of sp³-hybridized carbons (Fsp3) is 0.400. The van der Waals surface area contributed by atoms with Gasteiger partial charge in [-0.05, 0) is 6.42 Å². The minimum atomic E-state index is -0.683. The van der Waals surface area contributed by atoms with Gasteiger partial charge < -0.3 is 14.8 Å². The van der Waals surface area contributed by atoms with Gasteiger partial charge in [0.2, 0.25) is 0 Å². The minimum absolute atomic E-state index is 0.0512. The van der Waals surface area contributed by atoms with E-state index in [2.05, 4.69) is 18.5 Å². The van der Waals surface area contributed by atoms with Gasteiger partial charge in [-0.2, -0.15) is 0 Å². The molecule has 1 rings (SSSR count). The van der Waals surface area contributed by atoms with E-state index in [9.17, 15) is 9.59 Å². The average molecular weight is 211 g/mol. The van der Waals surface area contributed by atoms with Crippen LogP contribution < -0.4 is 5.32 Å². The van der Waals surface area contributed by atoms with Gasteiger partial charge in [0.1, 0.15) is 18.8 Å². The molecule has 1 saturated heterocycles. The Balaban J connectivity index is 2.58. The average Bonchev–Trinajstić information content (AvgIpc) is 2.58. The maximum absolute atomic E-state index is 10.9. The first-order valence-electron chi connectivity index (χ1n) is 4.47. The van der Waals surface area contributed by atoms with Crippen LogP contribution in [-0.2, 0) is 14.3 Å². The summed E-state index contributed by atoms with van der Waals surface area (Å²) < 4.78 is 9.65. The lowest BCUT2D eigenvalue weighted by Gasteiger charge is -2.23. The summed E-state index contributed by atoms with van der Waals surface area (Å²) >= 11 is 0. The number of carbonyl (C=O) groups is 2. The highest BCUT2D eigenvalue weighted by molar-refractivity contribution is 5.81. The lowest BCUT2D eigenvalue weighted by Crippen LogP contribution is -2.47. The van der Waals surface area contributed by atoms with Gasteiger partial charge >= 0.3 is 12.1 Å². The lowest BCUT2D eigenvalue weighted by molar-refractivity contribution is -0.139. The molecular weight excluding hydrogens is 198 g/mol. The molecule has 1 aliphatic rings. The van der Waals surface area contributed by atoms with Crippen LogP contribution in [0.3, 0.4) is 0 Å². The molecule has 1 unspecified atom stereocenters. The molecule has 0 radical (unpaired) electrons. The largest absolute Gasteiger partial charge is 0.460 e. The third-order valence-electron chi connectivity index (χ3n) is 2.04. The van der Waals surface area contributed by atoms with Gasteiger partial charge in [0.05, 0.1) is 0 Å². The zero-order chi connectivity index (χ0) is 11.3. The Morgan fingerprint density at radius 3 is 2.87 bits per heavy atom. The van der Waals surface area contributed by atoms with E-state index in [4.69, 9.17) is 9.47 Å². The van der Waals surface area contributed by atoms with Gasteiger partial charge in [-0.25, -0.2) is 9.59 Å². The first-order chi connectivity index (χ1) is 7.12. The maximum atomic E-state index is 10.9. The molecule has 0 bridgehead atoms. The fourth-order valence-electron chi connectivity index (χ4n) is 1.28. The number of rotatable bonds is 5. The van der Waals surface area contributed by atoms with E-state index in [1.54, 1.807) is 6.08 Å². The van der Waals surface area contributed by atoms with E-state index in [-0.39, 0.29) is 13.2 Å². The van der Waals surface area contributed by atoms with Crippen LogP contribution in [0.15, 0.2) is 25.3 Å². The van der Waals surface area contributed by atoms with Crippen LogP contribution in [-0.4, -0.2) is 30.8 Å². The summed E-state index contributed by atoms with van der Waals surface area (Å²) in [5.41, 5.74) is -0.683. The van der Waals surface area contributed by atoms with E-state index in [0.29, 0.717) is 6.42 Å². The Bertz CT molecular complexity index is 300. The molecule has 1 heterocycles. The number of hydrogen-bond donors (Lipinski definition) is 1. The summed E-state index contributed by atoms with van der Waals surface area (Å²) in [6.45, 7) is 7.07. The summed E-state index contributed by atoms with van der Waals surface area (Å²) in [7, 11) is 0. The van der Waals surface area contributed by atoms with E-state index in [1.807, 2.05) is 0 Å². The van der Waals surface area contributed by atoms with Crippen LogP contribution in [0, 0.1) is 0 Å². The summed E-state index contributed by atoms with van der Waals surface area (Å²) in [6.07, 6.45) is 2.67. The molecule has 1 aliphatic heterocycles. The predicted molar refractivity (Wildman–Crippen MR) is 53.2 cm³/mol. The molecule has 82 valence electrons. The van der Waals surface area contributed by atoms with Gasteiger partial charge in [-0.15, -0.1) is 6.58 Å². The summed E-state index contributed by atoms with van der Waals surface area (Å²) in [5, 5.41) is 2.60. The number of esters is 1. The van der Waals surface area contributed by atoms with Crippen molar-refractivity contribution >= 4 is 12.1 Å². The Kier molecular flexibility index (Phi) is 3.49. The van der Waals surface area contributed by atoms with Crippen molar-refractivity contribution in [2.45, 2.75) is 12.0 Å². The van der Waals surface area contributed by atoms with E-state index >= 15 is 0 Å². The summed E-state index contributed by atoms with van der Waals surface area (Å²) in [4.78, 5) is 21.8. The maximum Gasteiger partial charge on any atom is 0.407 e. The summed E-state index contributed by atoms with van der Waals surface area (Å²) in [6, 6.07) is 0. The first-order valence-corrected chi connectivity index (χ1v) is 4.47. The highest BCUT2D eigenvalue weighted by atomic mass is 16.6. The van der Waals surface area contributed by atoms with Gasteiger partial charge in [0.15, 0.2) is 0 Å². The third-order valence-corrected chi connectivity index (χ3v) is 2.04. The molecule has 0 aromatic carbocycles. The Morgan fingerprint density at radius 1 is 1.67 bits per heavy atom. The highest BCUT2D eigenvalue weighted by Gasteiger charge is 2.39. The number of carbonyl (C=O) groups excluding carboxylic acids is 2. The monoisotopic (exact) mass is 211 g/mol. The van der Waals surface area contributed by atoms with E-state index in [1.165, 1.54) is 0 Å². The number of cyclic esters (lactones) is 1. The smallest absolute Gasteiger partial charge is 0.407 e. The quantitative estimate of drug-likeness (QED) is 0.414. The Labute approximate surface area is 87.7 Å². The van der Waals surface area contributed by atoms with Crippen LogP contribution in [0.4, 0.5) is 4.79 Å². The van der Waals surface area contributed by atoms with Crippen LogP contribution >= 0.6 is 0 Å². The Hall–Kier alpha value is -1.78. The number of ether oxygens (including phenoxy) is 2. The second kappa shape index (κ2) is 4.63. The van der Waals surface area contributed by atoms with Crippen molar-refractivity contribution in [1.29, 1.82) is 0 Å². The molecule has 0 aliphatic carbocycles. The predicted octanol–water partition coefficient (Wildman–Crippen LogP) is 0.770. The van der Waals surface area contributed by atoms with Gasteiger partial charge in [-0.3, -0.25) is 0 Å². The Morgan fingerprint density at radius 2 is 2.40 bits per heavy atom. The number of amides is 1. The minimum Gasteiger partial charge on any atom is -0.460 e. The molecule has 1 atom stereocenters. The van der Waals surface area contributed by atoms with Gasteiger partial charge in [0, 0.05) is 6.08 Å². The topological polar surface area (TPSA) is 64.6 Å². The standard InChI is InChI=1S/C10H13NO4/c1-3-5-10(6-14-8(12)4-2)7-15-9(13)11-10/h3-4H,1-2,5-7H2,(H,11,13). The molecule has 1 fully saturated rings. The fourth-order valence-corrected chi connectivity index (χ4v) is 1.28. The van der Waals surface area contributed by atoms with Crippen LogP contribution in [0.1, 0.15) is 6.42 Å². The molecule has 5 heteroatoms. The molecule has 0 saturated carbocycles. The van der Waals surface area contributed by atoms with E-state index < -0.39 is 17.6 Å². The molecule has 0 aromatic heterocycles. The molecule has 0 aromatic rings. The summed E-state index contributed by atoms with van der Waals surface area (Å²) in [5.74, 6) is -0.528. The van der Waals surface area contributed by atoms with Crippen molar-refractivity contribution in [2.75, 3.05) is 13.2 Å². The second-order valence-electron chi connectivity index (χ2n) is 3.29. The molecule has 0 spiro atoms. The van der Waals surface area contributed by atoms with Crippen LogP contribution in [0.2, 0.25) is 0 Å². The van der Waals surface area contributed by atoms with E-state index in [0.717, 1.165) is 6.08 Å². The SMILES string of the molecule is C=CCC1(COC(=O)C=C)COC(=O)N1. The van der Waals surface area contributed by atoms with Crippen molar-refractivity contribution < 1.29 is 19.1 Å². The second-order valence-corrected chi connectivity index (χ2v) is 3.29. The normalized spacial score (nSPS) is 23.9. The lowest BCUT2D eigenvalue weighted by atomic mass is 9.98. The van der Waals surface area contributed by atoms with Gasteiger partial charge in [-0.1, -0.05) is 12.7 Å². The zero-order valence-corrected chi connectivity index (χ0v) is 8.32. The number of hydrogen-bond acceptors (Lipinski definition) is 4. The van der Waals surface area contributed by atoms with Crippen molar-refractivity contribution in [2.24, 2.45) is 0 Å². The molecule has 5 nitrogen and oxygen atoms in total. The molecule has 15 heavy (non-hydrogen) atoms. The van der Waals surface area contributed by atoms with Crippen molar-refractivity contribution in [3.05, 3.63) is 25.3 Å². The molecule has 1 N–H and O–H groups in total. The third kappa shape index (κ3) is 2.83. The van der Waals surface area contributed by atoms with Crippen LogP contribution in [0.25, 0.3) is 0 Å². The highest BCUT2D eigenvalue weighted by Crippen LogP contribution is 2.18. The van der Waals surface area contributed by atoms with Crippen molar-refractivity contribution in [3.63, 3.8) is 0 Å². The van der Waals surface area contributed by atoms with Crippen molar-refractivity contribution in [3.8, 4) is 0 Å². The number of nitrogens with one attached hydrogen (secondary N) is 1. The van der Waals surface area contributed by atoms with Gasteiger partial charge in [0.25, 0.3) is 0 Å². The number of alkyl carbamates (subject to hydrolysis) is 1. The van der Waals surface area contributed by atoms with Crippen molar-refractivity contribution in [1.82, 2.24) is 5.32 Å². The molecular formula is C10H13NO4.